The SMILES string of the molecule is BrCC1(CBr)OCC2(CO1)COC(CBr)(CBr)OC2. The van der Waals surface area contributed by atoms with Crippen LogP contribution in [0.4, 0.5) is 0 Å². The molecule has 0 aliphatic carbocycles. The lowest BCUT2D eigenvalue weighted by molar-refractivity contribution is -0.345. The molecule has 2 saturated heterocycles. The summed E-state index contributed by atoms with van der Waals surface area (Å²) in [5.41, 5.74) is -0.207. The Hall–Kier alpha value is 1.76. The molecule has 0 N–H and O–H groups in total. The first-order valence-electron chi connectivity index (χ1n) is 5.87. The van der Waals surface area contributed by atoms with Crippen molar-refractivity contribution in [2.24, 2.45) is 5.41 Å². The van der Waals surface area contributed by atoms with Crippen molar-refractivity contribution >= 4 is 63.7 Å². The molecule has 0 aromatic rings. The van der Waals surface area contributed by atoms with Crippen molar-refractivity contribution in [2.45, 2.75) is 11.6 Å². The van der Waals surface area contributed by atoms with E-state index in [2.05, 4.69) is 63.7 Å². The van der Waals surface area contributed by atoms with Gasteiger partial charge in [0.05, 0.1) is 53.2 Å². The van der Waals surface area contributed by atoms with Crippen LogP contribution < -0.4 is 0 Å². The monoisotopic (exact) mass is 528 g/mol. The van der Waals surface area contributed by atoms with E-state index in [0.29, 0.717) is 47.7 Å². The summed E-state index contributed by atoms with van der Waals surface area (Å²) >= 11 is 13.7. The molecule has 112 valence electrons. The Morgan fingerprint density at radius 1 is 0.579 bits per heavy atom. The molecular formula is C11H16Br4O4. The Balaban J connectivity index is 1.95. The number of ether oxygens (including phenoxy) is 4. The molecule has 2 aliphatic rings. The van der Waals surface area contributed by atoms with Crippen LogP contribution in [0.25, 0.3) is 0 Å². The minimum absolute atomic E-state index is 0.207. The largest absolute Gasteiger partial charge is 0.347 e. The highest BCUT2D eigenvalue weighted by Crippen LogP contribution is 2.38. The van der Waals surface area contributed by atoms with Crippen LogP contribution in [0.5, 0.6) is 0 Å². The Morgan fingerprint density at radius 2 is 0.842 bits per heavy atom. The van der Waals surface area contributed by atoms with Crippen molar-refractivity contribution in [3.8, 4) is 0 Å². The molecule has 8 heteroatoms. The average Bonchev–Trinajstić information content (AvgIpc) is 2.50. The Bertz CT molecular complexity index is 254. The summed E-state index contributed by atoms with van der Waals surface area (Å²) in [6.45, 7) is 2.30. The van der Waals surface area contributed by atoms with E-state index in [9.17, 15) is 0 Å². The minimum atomic E-state index is -0.579. The second kappa shape index (κ2) is 6.89. The van der Waals surface area contributed by atoms with E-state index in [4.69, 9.17) is 18.9 Å². The molecule has 19 heavy (non-hydrogen) atoms. The zero-order valence-electron chi connectivity index (χ0n) is 10.3. The van der Waals surface area contributed by atoms with Crippen molar-refractivity contribution in [1.29, 1.82) is 0 Å². The van der Waals surface area contributed by atoms with Crippen LogP contribution in [0, 0.1) is 5.41 Å². The smallest absolute Gasteiger partial charge is 0.187 e. The summed E-state index contributed by atoms with van der Waals surface area (Å²) < 4.78 is 23.6. The number of halogens is 4. The topological polar surface area (TPSA) is 36.9 Å². The third-order valence-corrected chi connectivity index (χ3v) is 6.80. The Kier molecular flexibility index (Phi) is 6.21. The van der Waals surface area contributed by atoms with Gasteiger partial charge in [0.25, 0.3) is 0 Å². The van der Waals surface area contributed by atoms with E-state index in [1.165, 1.54) is 0 Å². The highest BCUT2D eigenvalue weighted by Gasteiger charge is 2.49. The van der Waals surface area contributed by atoms with Gasteiger partial charge < -0.3 is 18.9 Å². The van der Waals surface area contributed by atoms with Crippen molar-refractivity contribution in [1.82, 2.24) is 0 Å². The van der Waals surface area contributed by atoms with Crippen molar-refractivity contribution in [2.75, 3.05) is 47.7 Å². The predicted molar refractivity (Wildman–Crippen MR) is 86.9 cm³/mol. The number of hydrogen-bond donors (Lipinski definition) is 0. The van der Waals surface area contributed by atoms with Gasteiger partial charge in [0.2, 0.25) is 0 Å². The van der Waals surface area contributed by atoms with Gasteiger partial charge in [-0.05, 0) is 0 Å². The molecule has 0 aromatic carbocycles. The summed E-state index contributed by atoms with van der Waals surface area (Å²) in [4.78, 5) is 0. The summed E-state index contributed by atoms with van der Waals surface area (Å²) in [6, 6.07) is 0. The van der Waals surface area contributed by atoms with Gasteiger partial charge in [-0.3, -0.25) is 0 Å². The van der Waals surface area contributed by atoms with Gasteiger partial charge in [-0.25, -0.2) is 0 Å². The van der Waals surface area contributed by atoms with Gasteiger partial charge in [0, 0.05) is 0 Å². The second-order valence-electron chi connectivity index (χ2n) is 5.01. The fourth-order valence-corrected chi connectivity index (χ4v) is 5.00. The molecule has 0 atom stereocenters. The maximum Gasteiger partial charge on any atom is 0.187 e. The lowest BCUT2D eigenvalue weighted by Gasteiger charge is -2.49. The molecule has 2 fully saturated rings. The van der Waals surface area contributed by atoms with Crippen molar-refractivity contribution in [3.05, 3.63) is 0 Å². The Labute approximate surface area is 146 Å². The number of alkyl halides is 4. The zero-order valence-corrected chi connectivity index (χ0v) is 16.6. The van der Waals surface area contributed by atoms with Crippen LogP contribution in [0.1, 0.15) is 0 Å². The van der Waals surface area contributed by atoms with E-state index in [1.807, 2.05) is 0 Å². The van der Waals surface area contributed by atoms with E-state index in [0.717, 1.165) is 0 Å². The second-order valence-corrected chi connectivity index (χ2v) is 7.25. The maximum absolute atomic E-state index is 5.89. The summed E-state index contributed by atoms with van der Waals surface area (Å²) in [7, 11) is 0. The van der Waals surface area contributed by atoms with Gasteiger partial charge >= 0.3 is 0 Å². The summed E-state index contributed by atoms with van der Waals surface area (Å²) in [6.07, 6.45) is 0. The van der Waals surface area contributed by atoms with Crippen LogP contribution in [0.2, 0.25) is 0 Å². The summed E-state index contributed by atoms with van der Waals surface area (Å²) in [5, 5.41) is 2.54. The lowest BCUT2D eigenvalue weighted by Crippen LogP contribution is -2.60. The third kappa shape index (κ3) is 3.57. The van der Waals surface area contributed by atoms with Gasteiger partial charge in [0.15, 0.2) is 11.6 Å². The molecule has 0 amide bonds. The highest BCUT2D eigenvalue weighted by molar-refractivity contribution is 9.10. The first kappa shape index (κ1) is 17.1. The molecule has 2 aliphatic heterocycles. The average molecular weight is 532 g/mol. The van der Waals surface area contributed by atoms with Crippen LogP contribution in [-0.4, -0.2) is 59.3 Å². The molecule has 2 rings (SSSR count). The molecule has 2 heterocycles. The first-order chi connectivity index (χ1) is 9.07. The molecule has 1 spiro atoms. The number of hydrogen-bond acceptors (Lipinski definition) is 4. The molecule has 0 saturated carbocycles. The van der Waals surface area contributed by atoms with Gasteiger partial charge in [0.1, 0.15) is 0 Å². The van der Waals surface area contributed by atoms with Crippen LogP contribution >= 0.6 is 63.7 Å². The van der Waals surface area contributed by atoms with E-state index in [1.54, 1.807) is 0 Å². The van der Waals surface area contributed by atoms with Crippen LogP contribution in [-0.2, 0) is 18.9 Å². The molecule has 0 bridgehead atoms. The maximum atomic E-state index is 5.89. The normalized spacial score (nSPS) is 28.4. The third-order valence-electron chi connectivity index (χ3n) is 3.38. The van der Waals surface area contributed by atoms with Crippen molar-refractivity contribution < 1.29 is 18.9 Å². The first-order valence-corrected chi connectivity index (χ1v) is 10.4. The lowest BCUT2D eigenvalue weighted by atomic mass is 9.90. The molecule has 4 nitrogen and oxygen atoms in total. The van der Waals surface area contributed by atoms with Gasteiger partial charge in [-0.15, -0.1) is 0 Å². The fourth-order valence-electron chi connectivity index (χ4n) is 1.85. The minimum Gasteiger partial charge on any atom is -0.347 e. The molecule has 0 unspecified atom stereocenters. The number of rotatable bonds is 4. The van der Waals surface area contributed by atoms with E-state index in [-0.39, 0.29) is 5.41 Å². The van der Waals surface area contributed by atoms with Crippen LogP contribution in [0.3, 0.4) is 0 Å². The molecular weight excluding hydrogens is 516 g/mol. The summed E-state index contributed by atoms with van der Waals surface area (Å²) in [5.74, 6) is -1.16. The van der Waals surface area contributed by atoms with Gasteiger partial charge in [-0.1, -0.05) is 63.7 Å². The van der Waals surface area contributed by atoms with Crippen LogP contribution in [0.15, 0.2) is 0 Å². The predicted octanol–water partition coefficient (Wildman–Crippen LogP) is 3.04. The highest BCUT2D eigenvalue weighted by atomic mass is 79.9. The molecule has 0 radical (unpaired) electrons. The zero-order chi connectivity index (χ0) is 14.0. The van der Waals surface area contributed by atoms with Gasteiger partial charge in [-0.2, -0.15) is 0 Å². The molecule has 0 aromatic heterocycles. The Morgan fingerprint density at radius 3 is 1.05 bits per heavy atom. The standard InChI is InChI=1S/C11H16Br4O4/c12-1-10(2-13)16-5-9(6-17-10)7-18-11(3-14,4-15)19-8-9/h1-8H2. The van der Waals surface area contributed by atoms with Crippen molar-refractivity contribution in [3.63, 3.8) is 0 Å². The van der Waals surface area contributed by atoms with E-state index < -0.39 is 11.6 Å². The fraction of sp³-hybridized carbons (Fsp3) is 1.00. The van der Waals surface area contributed by atoms with E-state index >= 15 is 0 Å². The quantitative estimate of drug-likeness (QED) is 0.523.